The number of ether oxygens (including phenoxy) is 2. The summed E-state index contributed by atoms with van der Waals surface area (Å²) in [7, 11) is 0. The zero-order valence-corrected chi connectivity index (χ0v) is 15.6. The summed E-state index contributed by atoms with van der Waals surface area (Å²) in [5, 5.41) is 2.73. The first-order valence-corrected chi connectivity index (χ1v) is 9.08. The van der Waals surface area contributed by atoms with Gasteiger partial charge in [-0.25, -0.2) is 0 Å². The molecule has 0 fully saturated rings. The highest BCUT2D eigenvalue weighted by atomic mass is 16.5. The van der Waals surface area contributed by atoms with Gasteiger partial charge in [-0.2, -0.15) is 0 Å². The largest absolute Gasteiger partial charge is 0.491 e. The third-order valence-electron chi connectivity index (χ3n) is 4.30. The van der Waals surface area contributed by atoms with E-state index >= 15 is 0 Å². The molecule has 0 spiro atoms. The van der Waals surface area contributed by atoms with Crippen LogP contribution >= 0.6 is 0 Å². The van der Waals surface area contributed by atoms with Crippen molar-refractivity contribution in [2.24, 2.45) is 0 Å². The number of amides is 2. The number of nitrogens with zero attached hydrogens (tertiary/aromatic N) is 1. The third kappa shape index (κ3) is 4.88. The average molecular weight is 382 g/mol. The Morgan fingerprint density at radius 2 is 1.86 bits per heavy atom. The van der Waals surface area contributed by atoms with E-state index in [-0.39, 0.29) is 25.5 Å². The summed E-state index contributed by atoms with van der Waals surface area (Å²) < 4.78 is 10.8. The van der Waals surface area contributed by atoms with Crippen molar-refractivity contribution in [2.75, 3.05) is 18.1 Å². The first-order valence-electron chi connectivity index (χ1n) is 9.08. The van der Waals surface area contributed by atoms with Gasteiger partial charge in [0.15, 0.2) is 6.10 Å². The minimum Gasteiger partial charge on any atom is -0.491 e. The second-order valence-electron chi connectivity index (χ2n) is 6.38. The lowest BCUT2D eigenvalue weighted by Gasteiger charge is -2.22. The summed E-state index contributed by atoms with van der Waals surface area (Å²) in [6.07, 6.45) is -0.806. The summed E-state index contributed by atoms with van der Waals surface area (Å²) in [6.45, 7) is 1.81. The molecule has 2 aromatic rings. The summed E-state index contributed by atoms with van der Waals surface area (Å²) >= 11 is 0. The second kappa shape index (κ2) is 9.03. The number of nitrogens with one attached hydrogen (secondary N) is 1. The first kappa shape index (κ1) is 19.4. The van der Waals surface area contributed by atoms with Gasteiger partial charge in [-0.1, -0.05) is 42.5 Å². The van der Waals surface area contributed by atoms with E-state index in [2.05, 4.69) is 5.32 Å². The lowest BCUT2D eigenvalue weighted by molar-refractivity contribution is -0.153. The van der Waals surface area contributed by atoms with Crippen LogP contribution in [0.1, 0.15) is 18.9 Å². The molecule has 0 aliphatic carbocycles. The predicted molar refractivity (Wildman–Crippen MR) is 103 cm³/mol. The van der Waals surface area contributed by atoms with Crippen LogP contribution in [-0.4, -0.2) is 37.0 Å². The fourth-order valence-corrected chi connectivity index (χ4v) is 2.84. The minimum absolute atomic E-state index is 0.162. The fourth-order valence-electron chi connectivity index (χ4n) is 2.84. The number of anilines is 1. The Kier molecular flexibility index (Phi) is 6.26. The van der Waals surface area contributed by atoms with Crippen molar-refractivity contribution in [1.29, 1.82) is 0 Å². The molecule has 0 bridgehead atoms. The van der Waals surface area contributed by atoms with Crippen LogP contribution in [0.4, 0.5) is 5.69 Å². The van der Waals surface area contributed by atoms with E-state index in [4.69, 9.17) is 9.47 Å². The van der Waals surface area contributed by atoms with Gasteiger partial charge in [-0.15, -0.1) is 0 Å². The molecule has 28 heavy (non-hydrogen) atoms. The maximum absolute atomic E-state index is 12.4. The zero-order valence-electron chi connectivity index (χ0n) is 15.6. The number of benzene rings is 2. The first-order chi connectivity index (χ1) is 13.5. The Hall–Kier alpha value is -3.35. The summed E-state index contributed by atoms with van der Waals surface area (Å²) in [5.41, 5.74) is 1.46. The van der Waals surface area contributed by atoms with Crippen molar-refractivity contribution in [1.82, 2.24) is 5.32 Å². The molecule has 7 heteroatoms. The third-order valence-corrected chi connectivity index (χ3v) is 4.30. The standard InChI is InChI=1S/C21H22N2O5/c1-15(21(26)22-13-16-7-3-2-4-8-16)28-20(25)14-23-17-9-5-6-10-18(17)27-12-11-19(23)24/h2-10,15H,11-14H2,1H3,(H,22,26)/t15-/m0/s1. The highest BCUT2D eigenvalue weighted by molar-refractivity contribution is 5.99. The molecule has 1 N–H and O–H groups in total. The molecule has 1 atom stereocenters. The maximum Gasteiger partial charge on any atom is 0.326 e. The van der Waals surface area contributed by atoms with Crippen molar-refractivity contribution in [2.45, 2.75) is 26.0 Å². The van der Waals surface area contributed by atoms with E-state index in [9.17, 15) is 14.4 Å². The van der Waals surface area contributed by atoms with Gasteiger partial charge in [0.2, 0.25) is 5.91 Å². The molecule has 0 radical (unpaired) electrons. The van der Waals surface area contributed by atoms with E-state index in [1.807, 2.05) is 30.3 Å². The molecule has 0 saturated carbocycles. The van der Waals surface area contributed by atoms with Gasteiger partial charge in [-0.05, 0) is 24.6 Å². The molecule has 3 rings (SSSR count). The summed E-state index contributed by atoms with van der Waals surface area (Å²) in [6, 6.07) is 16.4. The number of para-hydroxylation sites is 2. The van der Waals surface area contributed by atoms with E-state index in [1.165, 1.54) is 11.8 Å². The Morgan fingerprint density at radius 3 is 2.64 bits per heavy atom. The van der Waals surface area contributed by atoms with Gasteiger partial charge < -0.3 is 14.8 Å². The van der Waals surface area contributed by atoms with Crippen molar-refractivity contribution >= 4 is 23.5 Å². The number of rotatable bonds is 6. The summed E-state index contributed by atoms with van der Waals surface area (Å²) in [5.74, 6) is -0.756. The number of fused-ring (bicyclic) bond motifs is 1. The van der Waals surface area contributed by atoms with E-state index in [0.29, 0.717) is 18.0 Å². The quantitative estimate of drug-likeness (QED) is 0.773. The molecular formula is C21H22N2O5. The van der Waals surface area contributed by atoms with E-state index in [0.717, 1.165) is 5.56 Å². The van der Waals surface area contributed by atoms with Crippen molar-refractivity contribution in [3.8, 4) is 5.75 Å². The van der Waals surface area contributed by atoms with Crippen molar-refractivity contribution < 1.29 is 23.9 Å². The second-order valence-corrected chi connectivity index (χ2v) is 6.38. The molecule has 0 saturated heterocycles. The van der Waals surface area contributed by atoms with Crippen LogP contribution in [0.25, 0.3) is 0 Å². The molecular weight excluding hydrogens is 360 g/mol. The Labute approximate surface area is 163 Å². The molecule has 2 aromatic carbocycles. The average Bonchev–Trinajstić information content (AvgIpc) is 2.86. The van der Waals surface area contributed by atoms with Gasteiger partial charge in [0.1, 0.15) is 12.3 Å². The highest BCUT2D eigenvalue weighted by Crippen LogP contribution is 2.30. The zero-order chi connectivity index (χ0) is 19.9. The van der Waals surface area contributed by atoms with Crippen molar-refractivity contribution in [3.05, 3.63) is 60.2 Å². The van der Waals surface area contributed by atoms with Crippen LogP contribution in [0.15, 0.2) is 54.6 Å². The molecule has 7 nitrogen and oxygen atoms in total. The monoisotopic (exact) mass is 382 g/mol. The molecule has 1 aliphatic heterocycles. The topological polar surface area (TPSA) is 84.9 Å². The smallest absolute Gasteiger partial charge is 0.326 e. The van der Waals surface area contributed by atoms with Crippen molar-refractivity contribution in [3.63, 3.8) is 0 Å². The lowest BCUT2D eigenvalue weighted by Crippen LogP contribution is -2.40. The fraction of sp³-hybridized carbons (Fsp3) is 0.286. The Balaban J connectivity index is 1.57. The normalized spacial score (nSPS) is 14.3. The Bertz CT molecular complexity index is 853. The number of hydrogen-bond acceptors (Lipinski definition) is 5. The van der Waals surface area contributed by atoms with Gasteiger partial charge in [0.25, 0.3) is 5.91 Å². The van der Waals surface area contributed by atoms with Crippen LogP contribution in [0.3, 0.4) is 0 Å². The Morgan fingerprint density at radius 1 is 1.14 bits per heavy atom. The highest BCUT2D eigenvalue weighted by Gasteiger charge is 2.27. The molecule has 146 valence electrons. The van der Waals surface area contributed by atoms with Crippen LogP contribution in [0.5, 0.6) is 5.75 Å². The number of hydrogen-bond donors (Lipinski definition) is 1. The van der Waals surface area contributed by atoms with Gasteiger partial charge in [-0.3, -0.25) is 19.3 Å². The maximum atomic E-state index is 12.4. The van der Waals surface area contributed by atoms with E-state index < -0.39 is 18.0 Å². The molecule has 2 amide bonds. The van der Waals surface area contributed by atoms with Crippen LogP contribution in [0, 0.1) is 0 Å². The predicted octanol–water partition coefficient (Wildman–Crippen LogP) is 2.05. The van der Waals surface area contributed by atoms with Gasteiger partial charge >= 0.3 is 5.97 Å². The molecule has 1 heterocycles. The lowest BCUT2D eigenvalue weighted by atomic mass is 10.2. The van der Waals surface area contributed by atoms with E-state index in [1.54, 1.807) is 24.3 Å². The van der Waals surface area contributed by atoms with Gasteiger partial charge in [0.05, 0.1) is 18.7 Å². The van der Waals surface area contributed by atoms with Crippen LogP contribution < -0.4 is 15.0 Å². The number of carbonyl (C=O) groups is 3. The number of esters is 1. The summed E-state index contributed by atoms with van der Waals surface area (Å²) in [4.78, 5) is 38.2. The molecule has 0 unspecified atom stereocenters. The van der Waals surface area contributed by atoms with Gasteiger partial charge in [0, 0.05) is 6.54 Å². The number of carbonyl (C=O) groups excluding carboxylic acids is 3. The van der Waals surface area contributed by atoms with Crippen LogP contribution in [-0.2, 0) is 25.7 Å². The molecule has 1 aliphatic rings. The minimum atomic E-state index is -0.968. The van der Waals surface area contributed by atoms with Crippen LogP contribution in [0.2, 0.25) is 0 Å². The SMILES string of the molecule is C[C@H](OC(=O)CN1C(=O)CCOc2ccccc21)C(=O)NCc1ccccc1. The molecule has 0 aromatic heterocycles.